The molecule has 1 saturated carbocycles. The first kappa shape index (κ1) is 20.4. The lowest BCUT2D eigenvalue weighted by Crippen LogP contribution is -2.46. The van der Waals surface area contributed by atoms with Crippen molar-refractivity contribution < 1.29 is 23.6 Å². The van der Waals surface area contributed by atoms with Gasteiger partial charge in [-0.05, 0) is 57.9 Å². The number of ether oxygens (including phenoxy) is 1. The van der Waals surface area contributed by atoms with E-state index in [-0.39, 0.29) is 17.7 Å². The van der Waals surface area contributed by atoms with Crippen LogP contribution in [0.1, 0.15) is 67.0 Å². The van der Waals surface area contributed by atoms with Gasteiger partial charge >= 0.3 is 6.09 Å². The first-order valence-electron chi connectivity index (χ1n) is 10.2. The van der Waals surface area contributed by atoms with Gasteiger partial charge in [0.2, 0.25) is 0 Å². The highest BCUT2D eigenvalue weighted by atomic mass is 16.6. The lowest BCUT2D eigenvalue weighted by atomic mass is 9.70. The number of aromatic nitrogens is 2. The number of carbonyl (C=O) groups is 3. The molecule has 0 aromatic carbocycles. The Labute approximate surface area is 175 Å². The van der Waals surface area contributed by atoms with Crippen molar-refractivity contribution in [1.82, 2.24) is 14.6 Å². The molecule has 1 spiro atoms. The fourth-order valence-electron chi connectivity index (χ4n) is 4.46. The van der Waals surface area contributed by atoms with Crippen LogP contribution in [0.25, 0.3) is 5.82 Å². The molecule has 1 aliphatic carbocycles. The van der Waals surface area contributed by atoms with Crippen molar-refractivity contribution in [2.45, 2.75) is 65.9 Å². The molecule has 160 valence electrons. The number of ketones is 1. The van der Waals surface area contributed by atoms with Gasteiger partial charge in [0.05, 0.1) is 6.54 Å². The van der Waals surface area contributed by atoms with Crippen molar-refractivity contribution >= 4 is 17.8 Å². The molecule has 1 aliphatic heterocycles. The third-order valence-electron chi connectivity index (χ3n) is 6.43. The van der Waals surface area contributed by atoms with Gasteiger partial charge in [-0.1, -0.05) is 19.0 Å². The van der Waals surface area contributed by atoms with Crippen LogP contribution in [0.3, 0.4) is 0 Å². The van der Waals surface area contributed by atoms with Crippen LogP contribution in [-0.2, 0) is 9.53 Å². The number of rotatable bonds is 4. The minimum absolute atomic E-state index is 0.123. The second kappa shape index (κ2) is 6.82. The molecule has 2 fully saturated rings. The summed E-state index contributed by atoms with van der Waals surface area (Å²) >= 11 is 0. The summed E-state index contributed by atoms with van der Waals surface area (Å²) in [5.74, 6) is 0.545. The topological polar surface area (TPSA) is 94.6 Å². The number of carbonyl (C=O) groups excluding carboxylic acids is 3. The number of hydrogen-bond donors (Lipinski definition) is 0. The summed E-state index contributed by atoms with van der Waals surface area (Å²) in [6.45, 7) is 9.43. The van der Waals surface area contributed by atoms with Crippen LogP contribution in [0.2, 0.25) is 0 Å². The minimum Gasteiger partial charge on any atom is -0.432 e. The van der Waals surface area contributed by atoms with Crippen molar-refractivity contribution in [1.29, 1.82) is 0 Å². The van der Waals surface area contributed by atoms with Crippen LogP contribution in [0.15, 0.2) is 16.7 Å². The first-order valence-corrected chi connectivity index (χ1v) is 10.2. The van der Waals surface area contributed by atoms with E-state index < -0.39 is 17.6 Å². The van der Waals surface area contributed by atoms with E-state index in [1.54, 1.807) is 26.0 Å². The molecule has 2 aromatic heterocycles. The molecule has 0 radical (unpaired) electrons. The van der Waals surface area contributed by atoms with E-state index in [4.69, 9.17) is 9.26 Å². The van der Waals surface area contributed by atoms with E-state index in [0.717, 1.165) is 23.4 Å². The fourth-order valence-corrected chi connectivity index (χ4v) is 4.46. The largest absolute Gasteiger partial charge is 0.432 e. The van der Waals surface area contributed by atoms with Crippen molar-refractivity contribution in [2.75, 3.05) is 6.54 Å². The quantitative estimate of drug-likeness (QED) is 0.706. The lowest BCUT2D eigenvalue weighted by Gasteiger charge is -2.38. The Morgan fingerprint density at radius 3 is 2.37 bits per heavy atom. The summed E-state index contributed by atoms with van der Waals surface area (Å²) in [7, 11) is 0. The molecule has 0 unspecified atom stereocenters. The fraction of sp³-hybridized carbons (Fsp3) is 0.545. The maximum Gasteiger partial charge on any atom is 0.418 e. The van der Waals surface area contributed by atoms with E-state index in [1.165, 1.54) is 0 Å². The molecule has 2 aliphatic rings. The highest BCUT2D eigenvalue weighted by Gasteiger charge is 2.56. The lowest BCUT2D eigenvalue weighted by molar-refractivity contribution is -0.140. The highest BCUT2D eigenvalue weighted by molar-refractivity contribution is 6.08. The number of Topliss-reactive ketones (excluding diaryl/α,β-unsaturated/α-hetero) is 1. The minimum atomic E-state index is -1.11. The molecule has 4 rings (SSSR count). The molecular weight excluding hydrogens is 386 g/mol. The molecule has 0 bridgehead atoms. The average molecular weight is 413 g/mol. The van der Waals surface area contributed by atoms with Crippen LogP contribution in [0.5, 0.6) is 0 Å². The standard InChI is InChI=1S/C22H27N3O5/c1-13-10-16(15(3)25(13)18-11-14(2)30-23-18)17(26)12-24-19(27)22(29-20(24)28)8-6-21(4,5)7-9-22/h10-11H,6-9,12H2,1-5H3. The number of amides is 2. The zero-order valence-corrected chi connectivity index (χ0v) is 18.1. The van der Waals surface area contributed by atoms with Crippen LogP contribution in [-0.4, -0.2) is 44.6 Å². The number of aryl methyl sites for hydroxylation is 2. The Bertz CT molecular complexity index is 1040. The van der Waals surface area contributed by atoms with Crippen molar-refractivity contribution in [3.63, 3.8) is 0 Å². The third-order valence-corrected chi connectivity index (χ3v) is 6.43. The van der Waals surface area contributed by atoms with Gasteiger partial charge in [0.1, 0.15) is 5.76 Å². The molecule has 0 N–H and O–H groups in total. The predicted octanol–water partition coefficient (Wildman–Crippen LogP) is 3.89. The summed E-state index contributed by atoms with van der Waals surface area (Å²) < 4.78 is 12.5. The molecule has 3 heterocycles. The molecule has 8 nitrogen and oxygen atoms in total. The second-order valence-electron chi connectivity index (χ2n) is 9.26. The van der Waals surface area contributed by atoms with Gasteiger partial charge in [-0.3, -0.25) is 14.2 Å². The first-order chi connectivity index (χ1) is 14.0. The van der Waals surface area contributed by atoms with Crippen LogP contribution >= 0.6 is 0 Å². The molecule has 2 amide bonds. The Balaban J connectivity index is 1.55. The normalized spacial score (nSPS) is 20.1. The molecule has 2 aromatic rings. The Hall–Kier alpha value is -2.90. The molecular formula is C22H27N3O5. The van der Waals surface area contributed by atoms with Crippen LogP contribution in [0, 0.1) is 26.2 Å². The Kier molecular flexibility index (Phi) is 4.63. The van der Waals surface area contributed by atoms with Crippen molar-refractivity contribution in [3.05, 3.63) is 34.8 Å². The van der Waals surface area contributed by atoms with Gasteiger partial charge in [-0.2, -0.15) is 0 Å². The van der Waals surface area contributed by atoms with Crippen molar-refractivity contribution in [3.8, 4) is 5.82 Å². The van der Waals surface area contributed by atoms with Crippen molar-refractivity contribution in [2.24, 2.45) is 5.41 Å². The maximum absolute atomic E-state index is 13.1. The predicted molar refractivity (Wildman–Crippen MR) is 108 cm³/mol. The summed E-state index contributed by atoms with van der Waals surface area (Å²) in [5, 5.41) is 4.01. The smallest absolute Gasteiger partial charge is 0.418 e. The second-order valence-corrected chi connectivity index (χ2v) is 9.26. The Morgan fingerprint density at radius 2 is 1.77 bits per heavy atom. The van der Waals surface area contributed by atoms with Gasteiger partial charge in [0, 0.05) is 23.0 Å². The molecule has 30 heavy (non-hydrogen) atoms. The molecule has 1 saturated heterocycles. The molecule has 8 heteroatoms. The zero-order chi connectivity index (χ0) is 21.8. The Morgan fingerprint density at radius 1 is 1.10 bits per heavy atom. The average Bonchev–Trinajstić information content (AvgIpc) is 3.29. The number of imide groups is 1. The van der Waals surface area contributed by atoms with E-state index >= 15 is 0 Å². The summed E-state index contributed by atoms with van der Waals surface area (Å²) in [5.41, 5.74) is 0.949. The van der Waals surface area contributed by atoms with E-state index in [2.05, 4.69) is 19.0 Å². The van der Waals surface area contributed by atoms with Gasteiger partial charge in [-0.25, -0.2) is 9.69 Å². The van der Waals surface area contributed by atoms with Gasteiger partial charge in [0.25, 0.3) is 5.91 Å². The van der Waals surface area contributed by atoms with Gasteiger partial charge in [-0.15, -0.1) is 0 Å². The van der Waals surface area contributed by atoms with Gasteiger partial charge in [0.15, 0.2) is 17.2 Å². The highest BCUT2D eigenvalue weighted by Crippen LogP contribution is 2.45. The molecule has 0 atom stereocenters. The third kappa shape index (κ3) is 3.24. The zero-order valence-electron chi connectivity index (χ0n) is 18.1. The summed E-state index contributed by atoms with van der Waals surface area (Å²) in [6.07, 6.45) is 1.86. The van der Waals surface area contributed by atoms with E-state index in [0.29, 0.717) is 35.7 Å². The SMILES string of the molecule is Cc1cc(-n2c(C)cc(C(=O)CN3C(=O)OC4(CCC(C)(C)CC4)C3=O)c2C)no1. The monoisotopic (exact) mass is 413 g/mol. The van der Waals surface area contributed by atoms with Crippen LogP contribution < -0.4 is 0 Å². The van der Waals surface area contributed by atoms with Crippen LogP contribution in [0.4, 0.5) is 4.79 Å². The van der Waals surface area contributed by atoms with E-state index in [1.807, 2.05) is 11.5 Å². The summed E-state index contributed by atoms with van der Waals surface area (Å²) in [6, 6.07) is 3.52. The number of hydrogen-bond acceptors (Lipinski definition) is 6. The number of nitrogens with zero attached hydrogens (tertiary/aromatic N) is 3. The van der Waals surface area contributed by atoms with E-state index in [9.17, 15) is 14.4 Å². The summed E-state index contributed by atoms with van der Waals surface area (Å²) in [4.78, 5) is 39.5. The maximum atomic E-state index is 13.1. The van der Waals surface area contributed by atoms with Gasteiger partial charge < -0.3 is 9.26 Å².